The van der Waals surface area contributed by atoms with E-state index in [4.69, 9.17) is 19.2 Å². The molecule has 0 amide bonds. The summed E-state index contributed by atoms with van der Waals surface area (Å²) in [6.07, 6.45) is -7.30. The number of piperazine rings is 1. The average Bonchev–Trinajstić information content (AvgIpc) is 3.13. The minimum absolute atomic E-state index is 0.0881. The molecule has 3 heterocycles. The van der Waals surface area contributed by atoms with Gasteiger partial charge in [0.05, 0.1) is 25.5 Å². The maximum atomic E-state index is 10.6. The van der Waals surface area contributed by atoms with Gasteiger partial charge in [-0.25, -0.2) is 4.99 Å². The highest BCUT2D eigenvalue weighted by atomic mass is 32.2. The van der Waals surface area contributed by atoms with Crippen LogP contribution in [0.1, 0.15) is 5.56 Å². The number of aliphatic hydroxyl groups is 3. The number of amidine groups is 1. The zero-order valence-electron chi connectivity index (χ0n) is 21.4. The lowest BCUT2D eigenvalue weighted by Gasteiger charge is -2.38. The lowest BCUT2D eigenvalue weighted by molar-refractivity contribution is -0.340. The predicted molar refractivity (Wildman–Crippen MR) is 142 cm³/mol. The molecule has 0 bridgehead atoms. The van der Waals surface area contributed by atoms with Gasteiger partial charge in [-0.3, -0.25) is 9.69 Å². The van der Waals surface area contributed by atoms with E-state index in [1.54, 1.807) is 11.8 Å². The quantitative estimate of drug-likeness (QED) is 0.298. The third-order valence-electron chi connectivity index (χ3n) is 6.89. The molecule has 0 saturated carbocycles. The Morgan fingerprint density at radius 2 is 1.62 bits per heavy atom. The summed E-state index contributed by atoms with van der Waals surface area (Å²) in [7, 11) is 0. The van der Waals surface area contributed by atoms with Crippen molar-refractivity contribution < 1.29 is 39.1 Å². The molecule has 12 heteroatoms. The number of carbonyl (C=O) groups is 1. The number of hydrogen-bond donors (Lipinski definition) is 3. The maximum absolute atomic E-state index is 10.6. The molecule has 2 aromatic carbocycles. The summed E-state index contributed by atoms with van der Waals surface area (Å²) in [4.78, 5) is 22.7. The highest BCUT2D eigenvalue weighted by Gasteiger charge is 2.45. The topological polar surface area (TPSA) is 134 Å². The Labute approximate surface area is 230 Å². The van der Waals surface area contributed by atoms with Crippen molar-refractivity contribution in [3.63, 3.8) is 0 Å². The molecular weight excluding hydrogens is 526 g/mol. The highest BCUT2D eigenvalue weighted by molar-refractivity contribution is 7.99. The molecule has 5 rings (SSSR count). The maximum Gasteiger partial charge on any atom is 0.295 e. The number of fused-ring (bicyclic) bond motifs is 2. The minimum Gasteiger partial charge on any atom is -0.435 e. The van der Waals surface area contributed by atoms with Gasteiger partial charge >= 0.3 is 0 Å². The molecule has 3 N–H and O–H groups in total. The van der Waals surface area contributed by atoms with Crippen LogP contribution in [0.2, 0.25) is 0 Å². The number of ether oxygens (including phenoxy) is 4. The molecule has 5 atom stereocenters. The third kappa shape index (κ3) is 6.61. The van der Waals surface area contributed by atoms with Crippen LogP contribution in [-0.4, -0.2) is 121 Å². The van der Waals surface area contributed by atoms with Crippen LogP contribution in [0.15, 0.2) is 63.3 Å². The number of hydrogen-bond acceptors (Lipinski definition) is 12. The molecule has 3 aliphatic heterocycles. The summed E-state index contributed by atoms with van der Waals surface area (Å²) in [5.74, 6) is 1.02. The van der Waals surface area contributed by atoms with Crippen LogP contribution in [0.5, 0.6) is 0 Å². The molecule has 210 valence electrons. The molecule has 3 aliphatic rings. The fourth-order valence-electron chi connectivity index (χ4n) is 4.73. The van der Waals surface area contributed by atoms with Crippen LogP contribution in [0.25, 0.3) is 0 Å². The van der Waals surface area contributed by atoms with Gasteiger partial charge in [0.1, 0.15) is 24.1 Å². The molecule has 5 unspecified atom stereocenters. The standard InChI is InChI=1S/C27H33N3O8S/c31-17-37-27-24(34)22(32)23(33)26(38-27)36-16-15-35-14-13-29-9-11-30(12-10-29)25-18-5-1-3-7-20(18)39-21-8-4-2-6-19(21)28-25/h1-8,17,22-24,26-27,32-34H,9-16H2. The zero-order valence-corrected chi connectivity index (χ0v) is 22.2. The first-order chi connectivity index (χ1) is 19.0. The van der Waals surface area contributed by atoms with Gasteiger partial charge in [-0.1, -0.05) is 42.1 Å². The molecule has 39 heavy (non-hydrogen) atoms. The number of aliphatic imine (C=N–C) groups is 1. The number of aliphatic hydroxyl groups excluding tert-OH is 3. The molecule has 0 aromatic heterocycles. The molecule has 2 aromatic rings. The molecule has 0 aliphatic carbocycles. The van der Waals surface area contributed by atoms with E-state index in [2.05, 4.69) is 50.9 Å². The summed E-state index contributed by atoms with van der Waals surface area (Å²) in [6.45, 7) is 5.18. The number of nitrogens with zero attached hydrogens (tertiary/aromatic N) is 3. The Hall–Kier alpha value is -2.55. The fraction of sp³-hybridized carbons (Fsp3) is 0.481. The summed E-state index contributed by atoms with van der Waals surface area (Å²) in [5.41, 5.74) is 2.16. The van der Waals surface area contributed by atoms with Crippen LogP contribution in [0.4, 0.5) is 5.69 Å². The van der Waals surface area contributed by atoms with Crippen molar-refractivity contribution in [3.05, 3.63) is 54.1 Å². The van der Waals surface area contributed by atoms with E-state index >= 15 is 0 Å². The van der Waals surface area contributed by atoms with Crippen LogP contribution in [-0.2, 0) is 23.7 Å². The van der Waals surface area contributed by atoms with Crippen molar-refractivity contribution in [2.75, 3.05) is 52.5 Å². The molecule has 2 saturated heterocycles. The normalized spacial score (nSPS) is 27.2. The average molecular weight is 560 g/mol. The van der Waals surface area contributed by atoms with Gasteiger partial charge in [0, 0.05) is 48.1 Å². The van der Waals surface area contributed by atoms with Gasteiger partial charge in [-0.2, -0.15) is 0 Å². The first kappa shape index (κ1) is 28.0. The second kappa shape index (κ2) is 13.2. The van der Waals surface area contributed by atoms with Crippen LogP contribution >= 0.6 is 11.8 Å². The van der Waals surface area contributed by atoms with Gasteiger partial charge in [0.2, 0.25) is 6.29 Å². The van der Waals surface area contributed by atoms with Gasteiger partial charge in [-0.15, -0.1) is 0 Å². The lowest BCUT2D eigenvalue weighted by Crippen LogP contribution is -2.58. The summed E-state index contributed by atoms with van der Waals surface area (Å²) < 4.78 is 20.9. The van der Waals surface area contributed by atoms with Gasteiger partial charge in [0.25, 0.3) is 6.47 Å². The van der Waals surface area contributed by atoms with E-state index in [1.807, 2.05) is 12.1 Å². The van der Waals surface area contributed by atoms with E-state index in [0.29, 0.717) is 6.61 Å². The number of rotatable bonds is 9. The molecule has 0 radical (unpaired) electrons. The summed E-state index contributed by atoms with van der Waals surface area (Å²) in [6, 6.07) is 16.7. The van der Waals surface area contributed by atoms with Crippen molar-refractivity contribution in [1.29, 1.82) is 0 Å². The SMILES string of the molecule is O=COC1OC(OCCOCCN2CCN(C3=Nc4ccccc4Sc4ccccc43)CC2)C(O)C(O)C1O. The number of carbonyl (C=O) groups excluding carboxylic acids is 1. The molecule has 2 fully saturated rings. The Bertz CT molecular complexity index is 1150. The Morgan fingerprint density at radius 3 is 2.41 bits per heavy atom. The Kier molecular flexibility index (Phi) is 9.48. The van der Waals surface area contributed by atoms with Crippen molar-refractivity contribution in [2.45, 2.75) is 40.7 Å². The van der Waals surface area contributed by atoms with Crippen LogP contribution < -0.4 is 0 Å². The van der Waals surface area contributed by atoms with E-state index in [9.17, 15) is 20.1 Å². The molecule has 11 nitrogen and oxygen atoms in total. The van der Waals surface area contributed by atoms with E-state index in [1.165, 1.54) is 4.90 Å². The Morgan fingerprint density at radius 1 is 0.897 bits per heavy atom. The highest BCUT2D eigenvalue weighted by Crippen LogP contribution is 2.40. The first-order valence-corrected chi connectivity index (χ1v) is 13.8. The first-order valence-electron chi connectivity index (χ1n) is 13.0. The molecular formula is C27H33N3O8S. The monoisotopic (exact) mass is 559 g/mol. The lowest BCUT2D eigenvalue weighted by atomic mass is 10.0. The second-order valence-electron chi connectivity index (χ2n) is 9.39. The minimum atomic E-state index is -1.57. The summed E-state index contributed by atoms with van der Waals surface area (Å²) >= 11 is 1.76. The van der Waals surface area contributed by atoms with Crippen molar-refractivity contribution in [2.24, 2.45) is 4.99 Å². The smallest absolute Gasteiger partial charge is 0.295 e. The van der Waals surface area contributed by atoms with Gasteiger partial charge in [0.15, 0.2) is 6.29 Å². The zero-order chi connectivity index (χ0) is 27.2. The number of benzene rings is 2. The van der Waals surface area contributed by atoms with Crippen LogP contribution in [0.3, 0.4) is 0 Å². The number of para-hydroxylation sites is 1. The van der Waals surface area contributed by atoms with Gasteiger partial charge in [-0.05, 0) is 18.2 Å². The largest absolute Gasteiger partial charge is 0.435 e. The van der Waals surface area contributed by atoms with Crippen molar-refractivity contribution in [1.82, 2.24) is 9.80 Å². The Balaban J connectivity index is 1.05. The van der Waals surface area contributed by atoms with E-state index in [-0.39, 0.29) is 19.7 Å². The second-order valence-corrected chi connectivity index (χ2v) is 10.5. The molecule has 0 spiro atoms. The van der Waals surface area contributed by atoms with Crippen LogP contribution in [0, 0.1) is 0 Å². The predicted octanol–water partition coefficient (Wildman–Crippen LogP) is 0.818. The van der Waals surface area contributed by atoms with Crippen molar-refractivity contribution in [3.8, 4) is 0 Å². The van der Waals surface area contributed by atoms with E-state index in [0.717, 1.165) is 54.7 Å². The fourth-order valence-corrected chi connectivity index (χ4v) is 5.75. The third-order valence-corrected chi connectivity index (χ3v) is 8.03. The summed E-state index contributed by atoms with van der Waals surface area (Å²) in [5, 5.41) is 29.7. The van der Waals surface area contributed by atoms with Crippen molar-refractivity contribution >= 4 is 29.8 Å². The van der Waals surface area contributed by atoms with E-state index < -0.39 is 30.9 Å². The van der Waals surface area contributed by atoms with Gasteiger partial charge < -0.3 is 39.2 Å².